The van der Waals surface area contributed by atoms with Crippen molar-refractivity contribution in [2.24, 2.45) is 0 Å². The molecule has 2 aromatic heterocycles. The van der Waals surface area contributed by atoms with E-state index in [2.05, 4.69) is 20.9 Å². The van der Waals surface area contributed by atoms with Crippen molar-refractivity contribution in [2.75, 3.05) is 19.3 Å². The van der Waals surface area contributed by atoms with Crippen LogP contribution in [0, 0.1) is 0 Å². The predicted octanol–water partition coefficient (Wildman–Crippen LogP) is 2.91. The maximum absolute atomic E-state index is 12.1. The molecule has 128 valence electrons. The van der Waals surface area contributed by atoms with Crippen molar-refractivity contribution in [1.82, 2.24) is 14.9 Å². The first-order valence-corrected chi connectivity index (χ1v) is 10.2. The Hall–Kier alpha value is -1.50. The van der Waals surface area contributed by atoms with Gasteiger partial charge in [-0.2, -0.15) is 0 Å². The molecule has 0 N–H and O–H groups in total. The number of nitrogens with zero attached hydrogens (tertiary/aromatic N) is 3. The van der Waals surface area contributed by atoms with Crippen LogP contribution in [-0.2, 0) is 16.4 Å². The summed E-state index contributed by atoms with van der Waals surface area (Å²) in [6.45, 7) is 2.59. The lowest BCUT2D eigenvalue weighted by Gasteiger charge is -2.33. The van der Waals surface area contributed by atoms with Gasteiger partial charge < -0.3 is 0 Å². The second-order valence-corrected chi connectivity index (χ2v) is 8.67. The summed E-state index contributed by atoms with van der Waals surface area (Å²) in [6.07, 6.45) is 8.31. The standard InChI is InChI=1S/C17H20ClN3O2S/c1-24(22,23)16-8-15(18)10-20-17(16)14-5-3-7-21(12-14)11-13-4-2-6-19-9-13/h2,4,6,8-10,14H,3,5,7,11-12H2,1H3/t14-/m1/s1. The summed E-state index contributed by atoms with van der Waals surface area (Å²) in [6, 6.07) is 5.50. The molecule has 0 amide bonds. The third-order valence-corrected chi connectivity index (χ3v) is 5.60. The summed E-state index contributed by atoms with van der Waals surface area (Å²) >= 11 is 5.95. The molecular formula is C17H20ClN3O2S. The van der Waals surface area contributed by atoms with E-state index in [0.717, 1.165) is 38.0 Å². The van der Waals surface area contributed by atoms with Crippen LogP contribution >= 0.6 is 11.6 Å². The van der Waals surface area contributed by atoms with E-state index in [9.17, 15) is 8.42 Å². The molecule has 2 aromatic rings. The van der Waals surface area contributed by atoms with Gasteiger partial charge in [0.2, 0.25) is 0 Å². The summed E-state index contributed by atoms with van der Waals surface area (Å²) in [7, 11) is -3.36. The highest BCUT2D eigenvalue weighted by molar-refractivity contribution is 7.90. The highest BCUT2D eigenvalue weighted by Crippen LogP contribution is 2.31. The van der Waals surface area contributed by atoms with Crippen molar-refractivity contribution in [3.63, 3.8) is 0 Å². The minimum Gasteiger partial charge on any atom is -0.298 e. The lowest BCUT2D eigenvalue weighted by molar-refractivity contribution is 0.197. The van der Waals surface area contributed by atoms with Gasteiger partial charge in [0.15, 0.2) is 9.84 Å². The highest BCUT2D eigenvalue weighted by Gasteiger charge is 2.27. The molecule has 1 saturated heterocycles. The number of hydrogen-bond donors (Lipinski definition) is 0. The topological polar surface area (TPSA) is 63.2 Å². The molecule has 0 unspecified atom stereocenters. The van der Waals surface area contributed by atoms with Gasteiger partial charge in [0.1, 0.15) is 0 Å². The Morgan fingerprint density at radius 2 is 2.21 bits per heavy atom. The Balaban J connectivity index is 1.83. The zero-order valence-corrected chi connectivity index (χ0v) is 15.1. The molecule has 5 nitrogen and oxygen atoms in total. The number of hydrogen-bond acceptors (Lipinski definition) is 5. The van der Waals surface area contributed by atoms with Crippen LogP contribution in [0.2, 0.25) is 5.02 Å². The van der Waals surface area contributed by atoms with Gasteiger partial charge in [-0.1, -0.05) is 17.7 Å². The van der Waals surface area contributed by atoms with Gasteiger partial charge in [0, 0.05) is 43.9 Å². The Bertz CT molecular complexity index is 812. The normalized spacial score (nSPS) is 19.3. The fourth-order valence-corrected chi connectivity index (χ4v) is 4.37. The molecule has 0 spiro atoms. The summed E-state index contributed by atoms with van der Waals surface area (Å²) in [5.74, 6) is 0.0948. The molecule has 0 saturated carbocycles. The summed E-state index contributed by atoms with van der Waals surface area (Å²) in [4.78, 5) is 11.1. The van der Waals surface area contributed by atoms with Crippen LogP contribution in [0.3, 0.4) is 0 Å². The molecule has 0 aliphatic carbocycles. The molecule has 24 heavy (non-hydrogen) atoms. The van der Waals surface area contributed by atoms with Gasteiger partial charge in [-0.15, -0.1) is 0 Å². The Morgan fingerprint density at radius 3 is 2.92 bits per heavy atom. The maximum atomic E-state index is 12.1. The van der Waals surface area contributed by atoms with E-state index in [1.807, 2.05) is 12.3 Å². The Labute approximate surface area is 147 Å². The average molecular weight is 366 g/mol. The smallest absolute Gasteiger partial charge is 0.177 e. The third-order valence-electron chi connectivity index (χ3n) is 4.27. The second-order valence-electron chi connectivity index (χ2n) is 6.24. The number of sulfone groups is 1. The largest absolute Gasteiger partial charge is 0.298 e. The highest BCUT2D eigenvalue weighted by atomic mass is 35.5. The van der Waals surface area contributed by atoms with Crippen LogP contribution in [0.1, 0.15) is 30.0 Å². The number of piperidine rings is 1. The minimum absolute atomic E-state index is 0.0948. The third kappa shape index (κ3) is 4.12. The second kappa shape index (κ2) is 7.17. The Morgan fingerprint density at radius 1 is 1.38 bits per heavy atom. The quantitative estimate of drug-likeness (QED) is 0.833. The lowest BCUT2D eigenvalue weighted by Crippen LogP contribution is -2.34. The summed E-state index contributed by atoms with van der Waals surface area (Å²) in [5, 5.41) is 0.349. The Kier molecular flexibility index (Phi) is 5.18. The molecule has 0 aromatic carbocycles. The van der Waals surface area contributed by atoms with Gasteiger partial charge in [0.25, 0.3) is 0 Å². The molecule has 1 fully saturated rings. The zero-order chi connectivity index (χ0) is 17.2. The van der Waals surface area contributed by atoms with E-state index in [4.69, 9.17) is 11.6 Å². The average Bonchev–Trinajstić information content (AvgIpc) is 2.55. The molecule has 3 rings (SSSR count). The van der Waals surface area contributed by atoms with Crippen molar-refractivity contribution in [1.29, 1.82) is 0 Å². The maximum Gasteiger partial charge on any atom is 0.177 e. The predicted molar refractivity (Wildman–Crippen MR) is 93.8 cm³/mol. The van der Waals surface area contributed by atoms with Gasteiger partial charge >= 0.3 is 0 Å². The van der Waals surface area contributed by atoms with Crippen LogP contribution in [-0.4, -0.2) is 42.6 Å². The molecule has 0 bridgehead atoms. The number of rotatable bonds is 4. The number of pyridine rings is 2. The first-order valence-electron chi connectivity index (χ1n) is 7.90. The molecule has 1 aliphatic heterocycles. The van der Waals surface area contributed by atoms with Crippen molar-refractivity contribution in [3.8, 4) is 0 Å². The van der Waals surface area contributed by atoms with E-state index in [-0.39, 0.29) is 10.8 Å². The van der Waals surface area contributed by atoms with E-state index in [0.29, 0.717) is 10.7 Å². The van der Waals surface area contributed by atoms with E-state index in [1.54, 1.807) is 6.20 Å². The van der Waals surface area contributed by atoms with Gasteiger partial charge in [-0.25, -0.2) is 8.42 Å². The molecule has 1 atom stereocenters. The minimum atomic E-state index is -3.36. The molecule has 3 heterocycles. The zero-order valence-electron chi connectivity index (χ0n) is 13.5. The van der Waals surface area contributed by atoms with Crippen LogP contribution in [0.15, 0.2) is 41.7 Å². The van der Waals surface area contributed by atoms with Crippen LogP contribution in [0.4, 0.5) is 0 Å². The van der Waals surface area contributed by atoms with Crippen molar-refractivity contribution < 1.29 is 8.42 Å². The molecule has 0 radical (unpaired) electrons. The fourth-order valence-electron chi connectivity index (χ4n) is 3.21. The SMILES string of the molecule is CS(=O)(=O)c1cc(Cl)cnc1[C@@H]1CCCN(Cc2cccnc2)C1. The fraction of sp³-hybridized carbons (Fsp3) is 0.412. The lowest BCUT2D eigenvalue weighted by atomic mass is 9.94. The molecule has 1 aliphatic rings. The van der Waals surface area contributed by atoms with Gasteiger partial charge in [0.05, 0.1) is 15.6 Å². The first kappa shape index (κ1) is 17.3. The van der Waals surface area contributed by atoms with Crippen molar-refractivity contribution in [3.05, 3.63) is 53.1 Å². The van der Waals surface area contributed by atoms with Gasteiger partial charge in [-0.3, -0.25) is 14.9 Å². The van der Waals surface area contributed by atoms with E-state index >= 15 is 0 Å². The summed E-state index contributed by atoms with van der Waals surface area (Å²) in [5.41, 5.74) is 1.79. The van der Waals surface area contributed by atoms with Crippen LogP contribution in [0.25, 0.3) is 0 Å². The van der Waals surface area contributed by atoms with Gasteiger partial charge in [-0.05, 0) is 37.1 Å². The van der Waals surface area contributed by atoms with E-state index < -0.39 is 9.84 Å². The summed E-state index contributed by atoms with van der Waals surface area (Å²) < 4.78 is 24.2. The van der Waals surface area contributed by atoms with Crippen molar-refractivity contribution in [2.45, 2.75) is 30.2 Å². The van der Waals surface area contributed by atoms with Crippen LogP contribution in [0.5, 0.6) is 0 Å². The number of halogens is 1. The van der Waals surface area contributed by atoms with Crippen LogP contribution < -0.4 is 0 Å². The van der Waals surface area contributed by atoms with Crippen molar-refractivity contribution >= 4 is 21.4 Å². The molecule has 7 heteroatoms. The first-order chi connectivity index (χ1) is 11.4. The number of likely N-dealkylation sites (tertiary alicyclic amines) is 1. The number of aromatic nitrogens is 2. The van der Waals surface area contributed by atoms with E-state index in [1.165, 1.54) is 18.5 Å². The monoisotopic (exact) mass is 365 g/mol. The molecular weight excluding hydrogens is 346 g/mol.